The van der Waals surface area contributed by atoms with Gasteiger partial charge in [-0.25, -0.2) is 0 Å². The molecule has 0 saturated carbocycles. The van der Waals surface area contributed by atoms with E-state index in [1.54, 1.807) is 0 Å². The van der Waals surface area contributed by atoms with Gasteiger partial charge in [0.2, 0.25) is 0 Å². The highest BCUT2D eigenvalue weighted by atomic mass is 16.6. The lowest BCUT2D eigenvalue weighted by Gasteiger charge is -2.32. The molecule has 0 saturated heterocycles. The summed E-state index contributed by atoms with van der Waals surface area (Å²) >= 11 is 0. The number of carbonyl (C=O) groups excluding carboxylic acids is 1. The van der Waals surface area contributed by atoms with Crippen molar-refractivity contribution in [2.45, 2.75) is 44.7 Å². The Kier molecular flexibility index (Phi) is 11.9. The molecule has 0 fully saturated rings. The van der Waals surface area contributed by atoms with E-state index in [4.69, 9.17) is 18.9 Å². The molecule has 4 aromatic rings. The van der Waals surface area contributed by atoms with Crippen molar-refractivity contribution < 1.29 is 23.7 Å². The van der Waals surface area contributed by atoms with Crippen molar-refractivity contribution in [2.24, 2.45) is 0 Å². The molecule has 0 bridgehead atoms. The molecule has 0 aliphatic carbocycles. The van der Waals surface area contributed by atoms with Crippen LogP contribution in [0.4, 0.5) is 0 Å². The first-order valence-corrected chi connectivity index (χ1v) is 13.4. The Morgan fingerprint density at radius 1 is 0.575 bits per heavy atom. The van der Waals surface area contributed by atoms with Crippen molar-refractivity contribution >= 4 is 6.29 Å². The first kappa shape index (κ1) is 29.1. The summed E-state index contributed by atoms with van der Waals surface area (Å²) in [7, 11) is 0. The third-order valence-corrected chi connectivity index (χ3v) is 6.40. The highest BCUT2D eigenvalue weighted by Gasteiger charge is 2.34. The van der Waals surface area contributed by atoms with Gasteiger partial charge in [0.15, 0.2) is 6.29 Å². The summed E-state index contributed by atoms with van der Waals surface area (Å²) < 4.78 is 25.0. The molecule has 4 aromatic carbocycles. The third kappa shape index (κ3) is 9.40. The second-order valence-corrected chi connectivity index (χ2v) is 9.51. The van der Waals surface area contributed by atoms with Crippen molar-refractivity contribution in [2.75, 3.05) is 6.61 Å². The predicted molar refractivity (Wildman–Crippen MR) is 156 cm³/mol. The second-order valence-electron chi connectivity index (χ2n) is 9.51. The largest absolute Gasteiger partial charge is 0.372 e. The Morgan fingerprint density at radius 3 is 1.43 bits per heavy atom. The van der Waals surface area contributed by atoms with E-state index in [2.05, 4.69) is 6.58 Å². The van der Waals surface area contributed by atoms with Gasteiger partial charge in [-0.15, -0.1) is 0 Å². The van der Waals surface area contributed by atoms with E-state index in [0.717, 1.165) is 28.5 Å². The van der Waals surface area contributed by atoms with Gasteiger partial charge in [-0.05, 0) is 27.8 Å². The fourth-order valence-electron chi connectivity index (χ4n) is 4.26. The van der Waals surface area contributed by atoms with Gasteiger partial charge < -0.3 is 23.7 Å². The number of aldehydes is 1. The van der Waals surface area contributed by atoms with Crippen LogP contribution in [0, 0.1) is 0 Å². The van der Waals surface area contributed by atoms with E-state index in [0.29, 0.717) is 18.8 Å². The van der Waals surface area contributed by atoms with Crippen LogP contribution in [-0.4, -0.2) is 31.2 Å². The minimum absolute atomic E-state index is 0.240. The van der Waals surface area contributed by atoms with Gasteiger partial charge in [-0.1, -0.05) is 128 Å². The van der Waals surface area contributed by atoms with Gasteiger partial charge in [-0.3, -0.25) is 0 Å². The van der Waals surface area contributed by atoms with Crippen LogP contribution in [0.2, 0.25) is 0 Å². The smallest absolute Gasteiger partial charge is 0.151 e. The van der Waals surface area contributed by atoms with Crippen LogP contribution in [0.25, 0.3) is 0 Å². The lowest BCUT2D eigenvalue weighted by Crippen LogP contribution is -2.45. The highest BCUT2D eigenvalue weighted by Crippen LogP contribution is 2.23. The standard InChI is InChI=1S/C35H36O5/c1-28(23-37-24-29-14-6-2-7-15-29)34(39-26-31-18-10-4-11-19-31)35(40-27-32-20-12-5-13-21-32)33(22-36)38-25-30-16-8-3-9-17-30/h2-22,33-35H,1,23-27H2/t33-,34-,35+/m0/s1. The number of hydrogen-bond donors (Lipinski definition) is 0. The zero-order valence-electron chi connectivity index (χ0n) is 22.6. The maximum absolute atomic E-state index is 12.5. The monoisotopic (exact) mass is 536 g/mol. The number of rotatable bonds is 17. The molecular weight excluding hydrogens is 500 g/mol. The number of hydrogen-bond acceptors (Lipinski definition) is 5. The fourth-order valence-corrected chi connectivity index (χ4v) is 4.26. The SMILES string of the molecule is C=C(COCc1ccccc1)[C@H](OCc1ccccc1)[C@H](OCc1ccccc1)[C@H](C=O)OCc1ccccc1. The van der Waals surface area contributed by atoms with Gasteiger partial charge in [-0.2, -0.15) is 0 Å². The molecule has 0 radical (unpaired) electrons. The molecule has 3 atom stereocenters. The van der Waals surface area contributed by atoms with E-state index in [9.17, 15) is 4.79 Å². The summed E-state index contributed by atoms with van der Waals surface area (Å²) in [5.74, 6) is 0. The van der Waals surface area contributed by atoms with E-state index in [1.807, 2.05) is 121 Å². The summed E-state index contributed by atoms with van der Waals surface area (Å²) in [5.41, 5.74) is 4.67. The Hall–Kier alpha value is -3.87. The van der Waals surface area contributed by atoms with Crippen LogP contribution >= 0.6 is 0 Å². The quantitative estimate of drug-likeness (QED) is 0.111. The van der Waals surface area contributed by atoms with E-state index in [-0.39, 0.29) is 19.8 Å². The number of ether oxygens (including phenoxy) is 4. The molecule has 0 aliphatic rings. The second kappa shape index (κ2) is 16.3. The molecule has 0 aromatic heterocycles. The molecule has 5 heteroatoms. The summed E-state index contributed by atoms with van der Waals surface area (Å²) in [5, 5.41) is 0. The molecule has 0 amide bonds. The topological polar surface area (TPSA) is 54.0 Å². The Labute approximate surface area is 237 Å². The molecule has 40 heavy (non-hydrogen) atoms. The Bertz CT molecular complexity index is 1260. The molecule has 4 rings (SSSR count). The highest BCUT2D eigenvalue weighted by molar-refractivity contribution is 5.57. The van der Waals surface area contributed by atoms with Gasteiger partial charge in [0.1, 0.15) is 18.3 Å². The maximum atomic E-state index is 12.5. The van der Waals surface area contributed by atoms with Gasteiger partial charge >= 0.3 is 0 Å². The molecule has 0 unspecified atom stereocenters. The summed E-state index contributed by atoms with van der Waals surface area (Å²) in [6.45, 7) is 5.85. The zero-order chi connectivity index (χ0) is 27.8. The molecule has 0 spiro atoms. The lowest BCUT2D eigenvalue weighted by atomic mass is 10.0. The zero-order valence-corrected chi connectivity index (χ0v) is 22.6. The number of benzene rings is 4. The summed E-state index contributed by atoms with van der Waals surface area (Å²) in [4.78, 5) is 12.5. The van der Waals surface area contributed by atoms with Crippen LogP contribution in [0.3, 0.4) is 0 Å². The fraction of sp³-hybridized carbons (Fsp3) is 0.229. The number of carbonyl (C=O) groups is 1. The van der Waals surface area contributed by atoms with Crippen molar-refractivity contribution in [1.82, 2.24) is 0 Å². The minimum Gasteiger partial charge on any atom is -0.372 e. The van der Waals surface area contributed by atoms with Gasteiger partial charge in [0, 0.05) is 0 Å². The third-order valence-electron chi connectivity index (χ3n) is 6.40. The first-order chi connectivity index (χ1) is 19.7. The van der Waals surface area contributed by atoms with Crippen molar-refractivity contribution in [3.8, 4) is 0 Å². The van der Waals surface area contributed by atoms with Crippen LogP contribution in [-0.2, 0) is 50.2 Å². The predicted octanol–water partition coefficient (Wildman–Crippen LogP) is 6.71. The van der Waals surface area contributed by atoms with Crippen LogP contribution in [0.15, 0.2) is 133 Å². The normalized spacial score (nSPS) is 13.3. The molecule has 0 heterocycles. The lowest BCUT2D eigenvalue weighted by molar-refractivity contribution is -0.153. The van der Waals surface area contributed by atoms with Crippen molar-refractivity contribution in [3.05, 3.63) is 156 Å². The average Bonchev–Trinajstić information content (AvgIpc) is 3.01. The van der Waals surface area contributed by atoms with E-state index < -0.39 is 18.3 Å². The summed E-state index contributed by atoms with van der Waals surface area (Å²) in [6.07, 6.45) is -1.52. The molecule has 0 aliphatic heterocycles. The maximum Gasteiger partial charge on any atom is 0.151 e. The van der Waals surface area contributed by atoms with Crippen molar-refractivity contribution in [1.29, 1.82) is 0 Å². The Balaban J connectivity index is 1.54. The van der Waals surface area contributed by atoms with Crippen LogP contribution < -0.4 is 0 Å². The van der Waals surface area contributed by atoms with Crippen molar-refractivity contribution in [3.63, 3.8) is 0 Å². The molecular formula is C35H36O5. The Morgan fingerprint density at radius 2 is 0.975 bits per heavy atom. The van der Waals surface area contributed by atoms with Crippen LogP contribution in [0.1, 0.15) is 22.3 Å². The molecule has 0 N–H and O–H groups in total. The average molecular weight is 537 g/mol. The molecule has 206 valence electrons. The minimum atomic E-state index is -0.893. The first-order valence-electron chi connectivity index (χ1n) is 13.4. The van der Waals surface area contributed by atoms with E-state index in [1.165, 1.54) is 0 Å². The summed E-state index contributed by atoms with van der Waals surface area (Å²) in [6, 6.07) is 39.4. The van der Waals surface area contributed by atoms with Gasteiger partial charge in [0.05, 0.1) is 33.0 Å². The van der Waals surface area contributed by atoms with E-state index >= 15 is 0 Å². The van der Waals surface area contributed by atoms with Crippen LogP contribution in [0.5, 0.6) is 0 Å². The molecule has 5 nitrogen and oxygen atoms in total. The van der Waals surface area contributed by atoms with Gasteiger partial charge in [0.25, 0.3) is 0 Å².